The second-order valence-electron chi connectivity index (χ2n) is 3.47. The smallest absolute Gasteiger partial charge is 0.0367 e. The van der Waals surface area contributed by atoms with Crippen molar-refractivity contribution in [3.05, 3.63) is 11.8 Å². The maximum absolute atomic E-state index is 8.70. The van der Waals surface area contributed by atoms with Crippen molar-refractivity contribution < 1.29 is 5.21 Å². The highest BCUT2D eigenvalue weighted by atomic mass is 16.5. The lowest BCUT2D eigenvalue weighted by Gasteiger charge is -2.29. The van der Waals surface area contributed by atoms with E-state index in [1.54, 1.807) is 0 Å². The molecule has 0 unspecified atom stereocenters. The molecule has 3 nitrogen and oxygen atoms in total. The standard InChI is InChI=1S/C8H14N2O/c1-10-7-2-3-8(10)5-6(4-7)9-11/h4,7-9,11H,2-3,5H2,1H3/t7-,8+/m0/s1. The van der Waals surface area contributed by atoms with Gasteiger partial charge in [-0.3, -0.25) is 15.6 Å². The van der Waals surface area contributed by atoms with E-state index in [9.17, 15) is 0 Å². The Morgan fingerprint density at radius 2 is 2.45 bits per heavy atom. The van der Waals surface area contributed by atoms with Gasteiger partial charge in [0.05, 0.1) is 0 Å². The molecule has 1 saturated heterocycles. The van der Waals surface area contributed by atoms with Gasteiger partial charge in [0.25, 0.3) is 0 Å². The summed E-state index contributed by atoms with van der Waals surface area (Å²) in [5.41, 5.74) is 3.26. The summed E-state index contributed by atoms with van der Waals surface area (Å²) in [5, 5.41) is 8.70. The Bertz CT molecular complexity index is 191. The van der Waals surface area contributed by atoms with E-state index < -0.39 is 0 Å². The molecule has 0 aromatic rings. The van der Waals surface area contributed by atoms with Crippen LogP contribution in [0.15, 0.2) is 11.8 Å². The van der Waals surface area contributed by atoms with Crippen LogP contribution in [0, 0.1) is 0 Å². The molecule has 0 aliphatic carbocycles. The van der Waals surface area contributed by atoms with Gasteiger partial charge in [0.2, 0.25) is 0 Å². The lowest BCUT2D eigenvalue weighted by molar-refractivity contribution is 0.171. The van der Waals surface area contributed by atoms with Gasteiger partial charge in [-0.2, -0.15) is 0 Å². The van der Waals surface area contributed by atoms with Gasteiger partial charge in [-0.15, -0.1) is 0 Å². The number of hydrogen-bond donors (Lipinski definition) is 2. The molecule has 2 aliphatic rings. The number of nitrogens with one attached hydrogen (secondary N) is 1. The fourth-order valence-corrected chi connectivity index (χ4v) is 2.13. The first kappa shape index (κ1) is 7.13. The average molecular weight is 154 g/mol. The zero-order valence-electron chi connectivity index (χ0n) is 6.75. The number of hydrogen-bond acceptors (Lipinski definition) is 3. The van der Waals surface area contributed by atoms with Gasteiger partial charge in [0, 0.05) is 24.2 Å². The summed E-state index contributed by atoms with van der Waals surface area (Å²) < 4.78 is 0. The Morgan fingerprint density at radius 3 is 3.09 bits per heavy atom. The summed E-state index contributed by atoms with van der Waals surface area (Å²) in [5.74, 6) is 0. The van der Waals surface area contributed by atoms with Gasteiger partial charge in [-0.05, 0) is 26.0 Å². The third kappa shape index (κ3) is 1.04. The zero-order valence-corrected chi connectivity index (χ0v) is 6.75. The molecule has 62 valence electrons. The highest BCUT2D eigenvalue weighted by Gasteiger charge is 2.33. The minimum Gasteiger partial charge on any atom is -0.297 e. The van der Waals surface area contributed by atoms with Crippen LogP contribution in [0.5, 0.6) is 0 Å². The summed E-state index contributed by atoms with van der Waals surface area (Å²) in [4.78, 5) is 2.39. The summed E-state index contributed by atoms with van der Waals surface area (Å²) >= 11 is 0. The first-order valence-corrected chi connectivity index (χ1v) is 4.14. The van der Waals surface area contributed by atoms with E-state index in [1.807, 2.05) is 0 Å². The molecule has 0 amide bonds. The van der Waals surface area contributed by atoms with Gasteiger partial charge < -0.3 is 0 Å². The Morgan fingerprint density at radius 1 is 1.64 bits per heavy atom. The van der Waals surface area contributed by atoms with Crippen molar-refractivity contribution in [2.24, 2.45) is 0 Å². The monoisotopic (exact) mass is 154 g/mol. The first-order valence-electron chi connectivity index (χ1n) is 4.14. The summed E-state index contributed by atoms with van der Waals surface area (Å²) in [6.45, 7) is 0. The predicted molar refractivity (Wildman–Crippen MR) is 42.2 cm³/mol. The molecule has 2 rings (SSSR count). The summed E-state index contributed by atoms with van der Waals surface area (Å²) in [7, 11) is 2.16. The molecule has 2 atom stereocenters. The van der Waals surface area contributed by atoms with E-state index in [1.165, 1.54) is 12.8 Å². The maximum atomic E-state index is 8.70. The van der Waals surface area contributed by atoms with Crippen LogP contribution in [0.25, 0.3) is 0 Å². The molecular weight excluding hydrogens is 140 g/mol. The molecule has 0 saturated carbocycles. The molecule has 11 heavy (non-hydrogen) atoms. The van der Waals surface area contributed by atoms with Crippen molar-refractivity contribution in [3.63, 3.8) is 0 Å². The van der Waals surface area contributed by atoms with Crippen molar-refractivity contribution in [2.45, 2.75) is 31.3 Å². The van der Waals surface area contributed by atoms with Gasteiger partial charge in [-0.25, -0.2) is 0 Å². The first-order chi connectivity index (χ1) is 5.31. The maximum Gasteiger partial charge on any atom is 0.0367 e. The van der Waals surface area contributed by atoms with Crippen LogP contribution in [0.3, 0.4) is 0 Å². The van der Waals surface area contributed by atoms with E-state index in [4.69, 9.17) is 5.21 Å². The Hall–Kier alpha value is -0.540. The van der Waals surface area contributed by atoms with Gasteiger partial charge >= 0.3 is 0 Å². The molecule has 0 spiro atoms. The van der Waals surface area contributed by atoms with Crippen LogP contribution < -0.4 is 5.48 Å². The van der Waals surface area contributed by atoms with Crippen molar-refractivity contribution in [1.29, 1.82) is 0 Å². The molecule has 2 bridgehead atoms. The fraction of sp³-hybridized carbons (Fsp3) is 0.750. The van der Waals surface area contributed by atoms with Crippen LogP contribution >= 0.6 is 0 Å². The SMILES string of the molecule is CN1[C@@H]2CC[C@H]1C=C(NO)C2. The summed E-state index contributed by atoms with van der Waals surface area (Å²) in [6, 6.07) is 1.21. The molecular formula is C8H14N2O. The molecule has 0 aromatic heterocycles. The van der Waals surface area contributed by atoms with Crippen LogP contribution in [0.4, 0.5) is 0 Å². The van der Waals surface area contributed by atoms with Crippen molar-refractivity contribution in [2.75, 3.05) is 7.05 Å². The van der Waals surface area contributed by atoms with Crippen molar-refractivity contribution >= 4 is 0 Å². The molecule has 2 N–H and O–H groups in total. The van der Waals surface area contributed by atoms with Gasteiger partial charge in [-0.1, -0.05) is 0 Å². The quantitative estimate of drug-likeness (QED) is 0.546. The second kappa shape index (κ2) is 2.50. The van der Waals surface area contributed by atoms with Crippen LogP contribution in [-0.2, 0) is 0 Å². The Labute approximate surface area is 66.7 Å². The van der Waals surface area contributed by atoms with Crippen LogP contribution in [0.1, 0.15) is 19.3 Å². The van der Waals surface area contributed by atoms with E-state index in [0.29, 0.717) is 12.1 Å². The van der Waals surface area contributed by atoms with Crippen molar-refractivity contribution in [3.8, 4) is 0 Å². The zero-order chi connectivity index (χ0) is 7.84. The third-order valence-electron chi connectivity index (χ3n) is 2.89. The lowest BCUT2D eigenvalue weighted by Crippen LogP contribution is -2.36. The predicted octanol–water partition coefficient (Wildman–Crippen LogP) is 0.716. The molecule has 3 heteroatoms. The van der Waals surface area contributed by atoms with E-state index in [0.717, 1.165) is 12.1 Å². The number of likely N-dealkylation sites (N-methyl/N-ethyl adjacent to an activating group) is 1. The molecule has 2 aliphatic heterocycles. The minimum atomic E-state index is 0.559. The Kier molecular flexibility index (Phi) is 1.62. The minimum absolute atomic E-state index is 0.559. The van der Waals surface area contributed by atoms with Crippen LogP contribution in [0.2, 0.25) is 0 Å². The topological polar surface area (TPSA) is 35.5 Å². The van der Waals surface area contributed by atoms with Gasteiger partial charge in [0.1, 0.15) is 0 Å². The Balaban J connectivity index is 2.17. The average Bonchev–Trinajstić information content (AvgIpc) is 2.26. The number of fused-ring (bicyclic) bond motifs is 2. The second-order valence-corrected chi connectivity index (χ2v) is 3.47. The third-order valence-corrected chi connectivity index (χ3v) is 2.89. The van der Waals surface area contributed by atoms with E-state index in [2.05, 4.69) is 23.5 Å². The molecule has 1 fully saturated rings. The largest absolute Gasteiger partial charge is 0.297 e. The van der Waals surface area contributed by atoms with Gasteiger partial charge in [0.15, 0.2) is 0 Å². The lowest BCUT2D eigenvalue weighted by atomic mass is 10.1. The fourth-order valence-electron chi connectivity index (χ4n) is 2.13. The highest BCUT2D eigenvalue weighted by molar-refractivity contribution is 5.14. The number of hydroxylamine groups is 1. The van der Waals surface area contributed by atoms with Crippen LogP contribution in [-0.4, -0.2) is 29.2 Å². The summed E-state index contributed by atoms with van der Waals surface area (Å²) in [6.07, 6.45) is 5.61. The van der Waals surface area contributed by atoms with E-state index in [-0.39, 0.29) is 0 Å². The van der Waals surface area contributed by atoms with Crippen molar-refractivity contribution in [1.82, 2.24) is 10.4 Å². The molecule has 2 heterocycles. The number of nitrogens with zero attached hydrogens (tertiary/aromatic N) is 1. The normalized spacial score (nSPS) is 37.1. The van der Waals surface area contributed by atoms with E-state index >= 15 is 0 Å². The molecule has 0 aromatic carbocycles. The number of rotatable bonds is 1. The molecule has 0 radical (unpaired) electrons. The highest BCUT2D eigenvalue weighted by Crippen LogP contribution is 2.31.